The second-order valence-electron chi connectivity index (χ2n) is 3.17. The summed E-state index contributed by atoms with van der Waals surface area (Å²) in [7, 11) is -4.17. The van der Waals surface area contributed by atoms with Crippen LogP contribution in [0.2, 0.25) is 0 Å². The fourth-order valence-corrected chi connectivity index (χ4v) is 1.74. The summed E-state index contributed by atoms with van der Waals surface area (Å²) in [6.07, 6.45) is -0.151. The first-order chi connectivity index (χ1) is 8.84. The molecule has 0 bridgehead atoms. The Bertz CT molecular complexity index is 568. The van der Waals surface area contributed by atoms with Crippen LogP contribution in [0.25, 0.3) is 0 Å². The Labute approximate surface area is 108 Å². The number of carbonyl (C=O) groups is 2. The summed E-state index contributed by atoms with van der Waals surface area (Å²) >= 11 is 0. The van der Waals surface area contributed by atoms with Gasteiger partial charge in [0.15, 0.2) is 0 Å². The standard InChI is InChI=1S/C9H11N3O6S/c1-2-18-9(15)12-19(16,17)11-7-4-3-6(5-10-7)8(13)14/h3-5H,2H2,1H3,(H,10,11)(H,12,15)(H,13,14). The van der Waals surface area contributed by atoms with E-state index in [0.29, 0.717) is 0 Å². The zero-order valence-electron chi connectivity index (χ0n) is 9.78. The van der Waals surface area contributed by atoms with Crippen LogP contribution < -0.4 is 9.44 Å². The third-order valence-corrected chi connectivity index (χ3v) is 2.66. The van der Waals surface area contributed by atoms with Crippen LogP contribution in [0.15, 0.2) is 18.3 Å². The number of amides is 1. The lowest BCUT2D eigenvalue weighted by Gasteiger charge is -2.08. The largest absolute Gasteiger partial charge is 0.478 e. The third-order valence-electron chi connectivity index (χ3n) is 1.74. The Balaban J connectivity index is 2.73. The van der Waals surface area contributed by atoms with Crippen LogP contribution >= 0.6 is 0 Å². The molecule has 3 N–H and O–H groups in total. The van der Waals surface area contributed by atoms with E-state index >= 15 is 0 Å². The van der Waals surface area contributed by atoms with Gasteiger partial charge in [-0.2, -0.15) is 8.42 Å². The third kappa shape index (κ3) is 4.79. The molecule has 0 unspecified atom stereocenters. The SMILES string of the molecule is CCOC(=O)NS(=O)(=O)Nc1ccc(C(=O)O)cn1. The van der Waals surface area contributed by atoms with Crippen molar-refractivity contribution in [3.05, 3.63) is 23.9 Å². The quantitative estimate of drug-likeness (QED) is 0.703. The first-order valence-electron chi connectivity index (χ1n) is 5.00. The minimum atomic E-state index is -4.17. The van der Waals surface area contributed by atoms with Crippen molar-refractivity contribution in [1.29, 1.82) is 0 Å². The van der Waals surface area contributed by atoms with Crippen molar-refractivity contribution in [2.75, 3.05) is 11.3 Å². The van der Waals surface area contributed by atoms with Crippen molar-refractivity contribution >= 4 is 28.1 Å². The average molecular weight is 289 g/mol. The van der Waals surface area contributed by atoms with Gasteiger partial charge in [-0.15, -0.1) is 0 Å². The van der Waals surface area contributed by atoms with Gasteiger partial charge in [-0.05, 0) is 19.1 Å². The minimum Gasteiger partial charge on any atom is -0.478 e. The minimum absolute atomic E-state index is 0.0207. The molecular weight excluding hydrogens is 278 g/mol. The second-order valence-corrected chi connectivity index (χ2v) is 4.58. The van der Waals surface area contributed by atoms with Crippen LogP contribution in [0, 0.1) is 0 Å². The molecule has 0 aliphatic carbocycles. The van der Waals surface area contributed by atoms with E-state index in [9.17, 15) is 18.0 Å². The molecule has 1 aromatic heterocycles. The Hall–Kier alpha value is -2.36. The molecule has 0 atom stereocenters. The smallest absolute Gasteiger partial charge is 0.422 e. The van der Waals surface area contributed by atoms with Gasteiger partial charge in [0.05, 0.1) is 12.2 Å². The van der Waals surface area contributed by atoms with Crippen molar-refractivity contribution in [3.63, 3.8) is 0 Å². The van der Waals surface area contributed by atoms with Crippen LogP contribution in [0.4, 0.5) is 10.6 Å². The lowest BCUT2D eigenvalue weighted by atomic mass is 10.3. The highest BCUT2D eigenvalue weighted by Crippen LogP contribution is 2.06. The van der Waals surface area contributed by atoms with E-state index in [1.165, 1.54) is 6.92 Å². The Morgan fingerprint density at radius 1 is 1.42 bits per heavy atom. The normalized spacial score (nSPS) is 10.6. The van der Waals surface area contributed by atoms with Crippen molar-refractivity contribution in [2.24, 2.45) is 0 Å². The van der Waals surface area contributed by atoms with Gasteiger partial charge in [0, 0.05) is 6.20 Å². The number of rotatable bonds is 5. The highest BCUT2D eigenvalue weighted by atomic mass is 32.2. The van der Waals surface area contributed by atoms with Crippen molar-refractivity contribution in [1.82, 2.24) is 9.71 Å². The molecule has 9 nitrogen and oxygen atoms in total. The number of ether oxygens (including phenoxy) is 1. The number of nitrogens with zero attached hydrogens (tertiary/aromatic N) is 1. The second kappa shape index (κ2) is 6.00. The maximum Gasteiger partial charge on any atom is 0.422 e. The number of aromatic carboxylic acids is 1. The molecule has 0 radical (unpaired) electrons. The molecule has 0 saturated heterocycles. The first kappa shape index (κ1) is 14.7. The molecule has 0 aliphatic rings. The lowest BCUT2D eigenvalue weighted by Crippen LogP contribution is -2.35. The molecule has 0 saturated carbocycles. The molecule has 0 fully saturated rings. The summed E-state index contributed by atoms with van der Waals surface area (Å²) in [5, 5.41) is 8.63. The van der Waals surface area contributed by atoms with E-state index in [1.54, 1.807) is 4.72 Å². The summed E-state index contributed by atoms with van der Waals surface area (Å²) in [4.78, 5) is 25.1. The molecule has 0 aromatic carbocycles. The maximum atomic E-state index is 11.4. The summed E-state index contributed by atoms with van der Waals surface area (Å²) < 4.78 is 30.8. The number of carbonyl (C=O) groups excluding carboxylic acids is 1. The highest BCUT2D eigenvalue weighted by molar-refractivity contribution is 7.91. The van der Waals surface area contributed by atoms with E-state index in [4.69, 9.17) is 5.11 Å². The lowest BCUT2D eigenvalue weighted by molar-refractivity contribution is 0.0696. The summed E-state index contributed by atoms with van der Waals surface area (Å²) in [5.41, 5.74) is -0.0960. The van der Waals surface area contributed by atoms with Gasteiger partial charge in [0.25, 0.3) is 0 Å². The molecule has 1 rings (SSSR count). The van der Waals surface area contributed by atoms with Crippen molar-refractivity contribution < 1.29 is 27.9 Å². The predicted molar refractivity (Wildman–Crippen MR) is 63.9 cm³/mol. The molecular formula is C9H11N3O6S. The highest BCUT2D eigenvalue weighted by Gasteiger charge is 2.15. The zero-order chi connectivity index (χ0) is 14.5. The van der Waals surface area contributed by atoms with Gasteiger partial charge in [-0.3, -0.25) is 4.72 Å². The molecule has 1 heterocycles. The summed E-state index contributed by atoms with van der Waals surface area (Å²) in [5.74, 6) is -1.33. The van der Waals surface area contributed by atoms with Crippen LogP contribution in [0.5, 0.6) is 0 Å². The van der Waals surface area contributed by atoms with Crippen molar-refractivity contribution in [2.45, 2.75) is 6.92 Å². The molecule has 0 spiro atoms. The first-order valence-corrected chi connectivity index (χ1v) is 6.49. The molecule has 0 aliphatic heterocycles. The number of aromatic nitrogens is 1. The number of nitrogens with one attached hydrogen (secondary N) is 2. The van der Waals surface area contributed by atoms with E-state index < -0.39 is 22.3 Å². The average Bonchev–Trinajstić information content (AvgIpc) is 2.28. The number of hydrogen-bond acceptors (Lipinski definition) is 6. The fourth-order valence-electron chi connectivity index (χ4n) is 1.01. The van der Waals surface area contributed by atoms with Gasteiger partial charge in [-0.1, -0.05) is 0 Å². The number of carboxylic acid groups (broad SMARTS) is 1. The monoisotopic (exact) mass is 289 g/mol. The van der Waals surface area contributed by atoms with E-state index in [-0.39, 0.29) is 18.0 Å². The number of anilines is 1. The molecule has 10 heteroatoms. The van der Waals surface area contributed by atoms with Crippen LogP contribution in [-0.4, -0.2) is 37.2 Å². The van der Waals surface area contributed by atoms with Crippen LogP contribution in [0.3, 0.4) is 0 Å². The van der Waals surface area contributed by atoms with Gasteiger partial charge < -0.3 is 9.84 Å². The van der Waals surface area contributed by atoms with Gasteiger partial charge in [-0.25, -0.2) is 19.3 Å². The molecule has 19 heavy (non-hydrogen) atoms. The van der Waals surface area contributed by atoms with Gasteiger partial charge in [0.2, 0.25) is 0 Å². The molecule has 104 valence electrons. The number of hydrogen-bond donors (Lipinski definition) is 3. The topological polar surface area (TPSA) is 135 Å². The summed E-state index contributed by atoms with van der Waals surface area (Å²) in [6, 6.07) is 2.31. The van der Waals surface area contributed by atoms with E-state index in [0.717, 1.165) is 18.3 Å². The summed E-state index contributed by atoms with van der Waals surface area (Å²) in [6.45, 7) is 1.54. The molecule has 1 amide bonds. The number of pyridine rings is 1. The predicted octanol–water partition coefficient (Wildman–Crippen LogP) is 0.183. The fraction of sp³-hybridized carbons (Fsp3) is 0.222. The number of carboxylic acids is 1. The Morgan fingerprint density at radius 2 is 2.11 bits per heavy atom. The Kier molecular flexibility index (Phi) is 4.64. The van der Waals surface area contributed by atoms with E-state index in [1.807, 2.05) is 4.72 Å². The Morgan fingerprint density at radius 3 is 2.58 bits per heavy atom. The molecule has 1 aromatic rings. The van der Waals surface area contributed by atoms with Gasteiger partial charge >= 0.3 is 22.3 Å². The van der Waals surface area contributed by atoms with Gasteiger partial charge in [0.1, 0.15) is 5.82 Å². The zero-order valence-corrected chi connectivity index (χ0v) is 10.6. The van der Waals surface area contributed by atoms with Crippen LogP contribution in [0.1, 0.15) is 17.3 Å². The van der Waals surface area contributed by atoms with Crippen molar-refractivity contribution in [3.8, 4) is 0 Å². The van der Waals surface area contributed by atoms with Crippen LogP contribution in [-0.2, 0) is 14.9 Å². The maximum absolute atomic E-state index is 11.4. The van der Waals surface area contributed by atoms with E-state index in [2.05, 4.69) is 9.72 Å².